The monoisotopic (exact) mass is 424 g/mol. The van der Waals surface area contributed by atoms with E-state index in [-0.39, 0.29) is 6.03 Å². The molecule has 2 aromatic heterocycles. The number of benzene rings is 3. The van der Waals surface area contributed by atoms with Gasteiger partial charge < -0.3 is 15.6 Å². The van der Waals surface area contributed by atoms with Crippen molar-refractivity contribution in [3.05, 3.63) is 89.1 Å². The summed E-state index contributed by atoms with van der Waals surface area (Å²) < 4.78 is 0. The van der Waals surface area contributed by atoms with Crippen molar-refractivity contribution in [1.82, 2.24) is 9.97 Å². The van der Waals surface area contributed by atoms with Gasteiger partial charge in [0.1, 0.15) is 5.82 Å². The molecule has 0 radical (unpaired) electrons. The molecule has 0 saturated carbocycles. The lowest BCUT2D eigenvalue weighted by atomic mass is 10.0. The number of rotatable bonds is 4. The number of fused-ring (bicyclic) bond motifs is 1. The predicted octanol–water partition coefficient (Wildman–Crippen LogP) is 6.91. The SMILES string of the molecule is Cc1cccc2[nH]c(-c3cccc(-c4cccc(NC(=O)Nc5ccsc5)c4)c3)nc12. The van der Waals surface area contributed by atoms with Crippen LogP contribution in [0.5, 0.6) is 0 Å². The molecule has 5 nitrogen and oxygen atoms in total. The Labute approximate surface area is 183 Å². The number of hydrogen-bond donors (Lipinski definition) is 3. The number of aryl methyl sites for hydroxylation is 1. The lowest BCUT2D eigenvalue weighted by Gasteiger charge is -2.09. The van der Waals surface area contributed by atoms with E-state index in [1.807, 2.05) is 65.4 Å². The molecule has 0 saturated heterocycles. The number of urea groups is 1. The largest absolute Gasteiger partial charge is 0.338 e. The third-order valence-electron chi connectivity index (χ3n) is 5.08. The van der Waals surface area contributed by atoms with E-state index in [1.54, 1.807) is 0 Å². The van der Waals surface area contributed by atoms with Gasteiger partial charge in [-0.25, -0.2) is 9.78 Å². The Morgan fingerprint density at radius 3 is 2.42 bits per heavy atom. The van der Waals surface area contributed by atoms with Crippen LogP contribution in [-0.2, 0) is 0 Å². The highest BCUT2D eigenvalue weighted by molar-refractivity contribution is 7.08. The van der Waals surface area contributed by atoms with E-state index in [9.17, 15) is 4.79 Å². The first-order chi connectivity index (χ1) is 15.2. The van der Waals surface area contributed by atoms with Gasteiger partial charge >= 0.3 is 6.03 Å². The quantitative estimate of drug-likeness (QED) is 0.293. The van der Waals surface area contributed by atoms with E-state index in [0.29, 0.717) is 0 Å². The molecule has 0 spiro atoms. The van der Waals surface area contributed by atoms with E-state index < -0.39 is 0 Å². The van der Waals surface area contributed by atoms with Crippen LogP contribution in [0.2, 0.25) is 0 Å². The number of H-pyrrole nitrogens is 1. The van der Waals surface area contributed by atoms with Gasteiger partial charge in [-0.1, -0.05) is 42.5 Å². The number of aromatic nitrogens is 2. The molecule has 6 heteroatoms. The molecule has 0 aliphatic heterocycles. The lowest BCUT2D eigenvalue weighted by molar-refractivity contribution is 0.262. The van der Waals surface area contributed by atoms with Crippen LogP contribution >= 0.6 is 11.3 Å². The summed E-state index contributed by atoms with van der Waals surface area (Å²) in [5.74, 6) is 0.843. The fraction of sp³-hybridized carbons (Fsp3) is 0.0400. The molecule has 3 N–H and O–H groups in total. The van der Waals surface area contributed by atoms with Gasteiger partial charge in [-0.15, -0.1) is 0 Å². The van der Waals surface area contributed by atoms with Gasteiger partial charge in [0.25, 0.3) is 0 Å². The van der Waals surface area contributed by atoms with Crippen molar-refractivity contribution in [2.45, 2.75) is 6.92 Å². The number of carbonyl (C=O) groups excluding carboxylic acids is 1. The number of carbonyl (C=O) groups is 1. The summed E-state index contributed by atoms with van der Waals surface area (Å²) in [5, 5.41) is 9.54. The second kappa shape index (κ2) is 8.08. The van der Waals surface area contributed by atoms with Crippen LogP contribution < -0.4 is 10.6 Å². The van der Waals surface area contributed by atoms with Crippen molar-refractivity contribution in [2.75, 3.05) is 10.6 Å². The van der Waals surface area contributed by atoms with Gasteiger partial charge in [-0.05, 0) is 59.3 Å². The van der Waals surface area contributed by atoms with Crippen LogP contribution in [0.25, 0.3) is 33.5 Å². The van der Waals surface area contributed by atoms with Gasteiger partial charge in [0.05, 0.1) is 16.7 Å². The van der Waals surface area contributed by atoms with E-state index in [2.05, 4.69) is 40.7 Å². The number of nitrogens with zero attached hydrogens (tertiary/aromatic N) is 1. The summed E-state index contributed by atoms with van der Waals surface area (Å²) in [6.07, 6.45) is 0. The van der Waals surface area contributed by atoms with Gasteiger partial charge in [0, 0.05) is 16.6 Å². The summed E-state index contributed by atoms with van der Waals surface area (Å²) in [6.45, 7) is 2.07. The zero-order valence-corrected chi connectivity index (χ0v) is 17.7. The van der Waals surface area contributed by atoms with E-state index in [1.165, 1.54) is 11.3 Å². The molecule has 0 aliphatic carbocycles. The van der Waals surface area contributed by atoms with Crippen molar-refractivity contribution < 1.29 is 4.79 Å². The topological polar surface area (TPSA) is 69.8 Å². The lowest BCUT2D eigenvalue weighted by Crippen LogP contribution is -2.18. The van der Waals surface area contributed by atoms with Gasteiger partial charge in [-0.2, -0.15) is 11.3 Å². The number of hydrogen-bond acceptors (Lipinski definition) is 3. The highest BCUT2D eigenvalue weighted by atomic mass is 32.1. The van der Waals surface area contributed by atoms with Crippen molar-refractivity contribution in [3.8, 4) is 22.5 Å². The third-order valence-corrected chi connectivity index (χ3v) is 5.77. The van der Waals surface area contributed by atoms with Crippen molar-refractivity contribution in [1.29, 1.82) is 0 Å². The Morgan fingerprint density at radius 2 is 1.61 bits per heavy atom. The number of aromatic amines is 1. The minimum Gasteiger partial charge on any atom is -0.338 e. The zero-order valence-electron chi connectivity index (χ0n) is 16.8. The summed E-state index contributed by atoms with van der Waals surface area (Å²) in [7, 11) is 0. The van der Waals surface area contributed by atoms with Crippen molar-refractivity contribution in [2.24, 2.45) is 0 Å². The minimum absolute atomic E-state index is 0.262. The van der Waals surface area contributed by atoms with Crippen LogP contribution in [0.15, 0.2) is 83.6 Å². The molecule has 5 aromatic rings. The molecule has 0 unspecified atom stereocenters. The normalized spacial score (nSPS) is 10.9. The summed E-state index contributed by atoms with van der Waals surface area (Å²) in [5.41, 5.74) is 7.77. The molecule has 0 fully saturated rings. The average Bonchev–Trinajstić information content (AvgIpc) is 3.44. The molecule has 5 rings (SSSR count). The Balaban J connectivity index is 1.41. The highest BCUT2D eigenvalue weighted by Gasteiger charge is 2.09. The van der Waals surface area contributed by atoms with Crippen LogP contribution in [-0.4, -0.2) is 16.0 Å². The molecular formula is C25H20N4OS. The Morgan fingerprint density at radius 1 is 0.871 bits per heavy atom. The van der Waals surface area contributed by atoms with Crippen molar-refractivity contribution in [3.63, 3.8) is 0 Å². The Kier molecular flexibility index (Phi) is 4.98. The second-order valence-electron chi connectivity index (χ2n) is 7.31. The first kappa shape index (κ1) is 19.1. The third kappa shape index (κ3) is 4.06. The number of nitrogens with one attached hydrogen (secondary N) is 3. The summed E-state index contributed by atoms with van der Waals surface area (Å²) in [6, 6.07) is 23.8. The molecule has 0 bridgehead atoms. The average molecular weight is 425 g/mol. The maximum absolute atomic E-state index is 12.2. The fourth-order valence-electron chi connectivity index (χ4n) is 3.56. The molecule has 3 aromatic carbocycles. The fourth-order valence-corrected chi connectivity index (χ4v) is 4.15. The van der Waals surface area contributed by atoms with Gasteiger partial charge in [-0.3, -0.25) is 0 Å². The zero-order chi connectivity index (χ0) is 21.2. The van der Waals surface area contributed by atoms with Gasteiger partial charge in [0.2, 0.25) is 0 Å². The number of para-hydroxylation sites is 1. The van der Waals surface area contributed by atoms with Crippen LogP contribution in [0.1, 0.15) is 5.56 Å². The van der Waals surface area contributed by atoms with E-state index >= 15 is 0 Å². The number of anilines is 2. The molecule has 0 atom stereocenters. The van der Waals surface area contributed by atoms with E-state index in [4.69, 9.17) is 4.98 Å². The molecule has 2 heterocycles. The maximum atomic E-state index is 12.2. The minimum atomic E-state index is -0.262. The maximum Gasteiger partial charge on any atom is 0.323 e. The van der Waals surface area contributed by atoms with Gasteiger partial charge in [0.15, 0.2) is 0 Å². The number of amides is 2. The standard InChI is InChI=1S/C25H20N4OS/c1-16-5-2-10-22-23(16)29-24(28-22)19-8-3-6-17(13-19)18-7-4-9-20(14-18)26-25(30)27-21-11-12-31-15-21/h2-15H,1H3,(H,28,29)(H2,26,27,30). The molecule has 0 aliphatic rings. The number of thiophene rings is 1. The first-order valence-electron chi connectivity index (χ1n) is 9.92. The second-order valence-corrected chi connectivity index (χ2v) is 8.09. The molecular weight excluding hydrogens is 404 g/mol. The molecule has 2 amide bonds. The Bertz CT molecular complexity index is 1370. The van der Waals surface area contributed by atoms with E-state index in [0.717, 1.165) is 50.5 Å². The van der Waals surface area contributed by atoms with Crippen LogP contribution in [0, 0.1) is 6.92 Å². The smallest absolute Gasteiger partial charge is 0.323 e. The van der Waals surface area contributed by atoms with Crippen LogP contribution in [0.3, 0.4) is 0 Å². The summed E-state index contributed by atoms with van der Waals surface area (Å²) >= 11 is 1.54. The molecule has 152 valence electrons. The Hall–Kier alpha value is -3.90. The summed E-state index contributed by atoms with van der Waals surface area (Å²) in [4.78, 5) is 20.5. The molecule has 31 heavy (non-hydrogen) atoms. The highest BCUT2D eigenvalue weighted by Crippen LogP contribution is 2.28. The number of imidazole rings is 1. The predicted molar refractivity (Wildman–Crippen MR) is 129 cm³/mol. The van der Waals surface area contributed by atoms with Crippen molar-refractivity contribution >= 4 is 39.8 Å². The first-order valence-corrected chi connectivity index (χ1v) is 10.9. The van der Waals surface area contributed by atoms with Crippen LogP contribution in [0.4, 0.5) is 16.2 Å².